The maximum absolute atomic E-state index is 13.1. The van der Waals surface area contributed by atoms with Crippen molar-refractivity contribution in [1.82, 2.24) is 0 Å². The molecule has 0 saturated carbocycles. The molecule has 0 aromatic heterocycles. The molecule has 1 rings (SSSR count). The Kier molecular flexibility index (Phi) is 2.49. The molecule has 0 aliphatic rings. The molecule has 13 heavy (non-hydrogen) atoms. The van der Waals surface area contributed by atoms with Gasteiger partial charge in [-0.2, -0.15) is 5.26 Å². The van der Waals surface area contributed by atoms with Crippen molar-refractivity contribution in [3.05, 3.63) is 34.1 Å². The van der Waals surface area contributed by atoms with E-state index in [1.807, 2.05) is 0 Å². The van der Waals surface area contributed by atoms with Crippen molar-refractivity contribution in [3.63, 3.8) is 0 Å². The van der Waals surface area contributed by atoms with Crippen molar-refractivity contribution in [3.8, 4) is 6.07 Å². The number of rotatable bonds is 1. The summed E-state index contributed by atoms with van der Waals surface area (Å²) < 4.78 is 13.1. The molecule has 0 saturated heterocycles. The summed E-state index contributed by atoms with van der Waals surface area (Å²) in [7, 11) is 0. The van der Waals surface area contributed by atoms with Crippen LogP contribution in [0.4, 0.5) is 4.39 Å². The van der Waals surface area contributed by atoms with Gasteiger partial charge in [-0.25, -0.2) is 9.18 Å². The number of aromatic carboxylic acids is 1. The number of hydrogen-bond acceptors (Lipinski definition) is 2. The number of hydrogen-bond donors (Lipinski definition) is 1. The lowest BCUT2D eigenvalue weighted by Crippen LogP contribution is -2.03. The second-order valence-corrected chi connectivity index (χ2v) is 2.61. The number of benzene rings is 1. The number of halogens is 2. The van der Waals surface area contributed by atoms with E-state index in [9.17, 15) is 9.18 Å². The van der Waals surface area contributed by atoms with Crippen molar-refractivity contribution >= 4 is 17.6 Å². The van der Waals surface area contributed by atoms with Gasteiger partial charge in [0.1, 0.15) is 11.6 Å². The van der Waals surface area contributed by atoms with Gasteiger partial charge in [0.2, 0.25) is 0 Å². The van der Waals surface area contributed by atoms with Gasteiger partial charge in [-0.1, -0.05) is 11.6 Å². The van der Waals surface area contributed by atoms with Crippen LogP contribution in [0.1, 0.15) is 15.9 Å². The van der Waals surface area contributed by atoms with E-state index in [4.69, 9.17) is 22.0 Å². The highest BCUT2D eigenvalue weighted by atomic mass is 35.5. The fourth-order valence-electron chi connectivity index (χ4n) is 0.835. The average Bonchev–Trinajstić information content (AvgIpc) is 2.04. The third-order valence-corrected chi connectivity index (χ3v) is 1.74. The van der Waals surface area contributed by atoms with Crippen LogP contribution >= 0.6 is 11.6 Å². The molecule has 5 heteroatoms. The summed E-state index contributed by atoms with van der Waals surface area (Å²) in [6.07, 6.45) is 0. The predicted molar refractivity (Wildman–Crippen MR) is 43.1 cm³/mol. The molecule has 0 unspecified atom stereocenters. The average molecular weight is 200 g/mol. The van der Waals surface area contributed by atoms with Crippen LogP contribution in [0.5, 0.6) is 0 Å². The zero-order valence-corrected chi connectivity index (χ0v) is 6.97. The monoisotopic (exact) mass is 199 g/mol. The van der Waals surface area contributed by atoms with Gasteiger partial charge < -0.3 is 5.11 Å². The first-order valence-electron chi connectivity index (χ1n) is 3.19. The first kappa shape index (κ1) is 9.49. The number of carboxylic acid groups (broad SMARTS) is 1. The standard InChI is InChI=1S/C8H3ClFNO2/c9-5-2-1-4(3-11)7(10)6(5)8(12)13/h1-2H,(H,12,13). The van der Waals surface area contributed by atoms with E-state index in [1.165, 1.54) is 12.1 Å². The molecule has 3 nitrogen and oxygen atoms in total. The van der Waals surface area contributed by atoms with Gasteiger partial charge in [-0.05, 0) is 12.1 Å². The summed E-state index contributed by atoms with van der Waals surface area (Å²) in [4.78, 5) is 10.5. The van der Waals surface area contributed by atoms with Gasteiger partial charge >= 0.3 is 5.97 Å². The highest BCUT2D eigenvalue weighted by molar-refractivity contribution is 6.33. The van der Waals surface area contributed by atoms with E-state index in [0.717, 1.165) is 6.07 Å². The van der Waals surface area contributed by atoms with E-state index in [0.29, 0.717) is 0 Å². The molecule has 1 aromatic carbocycles. The smallest absolute Gasteiger partial charge is 0.340 e. The number of carbonyl (C=O) groups is 1. The second kappa shape index (κ2) is 3.42. The number of nitriles is 1. The van der Waals surface area contributed by atoms with Crippen LogP contribution in [0, 0.1) is 17.1 Å². The van der Waals surface area contributed by atoms with Gasteiger partial charge in [-0.3, -0.25) is 0 Å². The summed E-state index contributed by atoms with van der Waals surface area (Å²) in [5.41, 5.74) is -0.998. The fourth-order valence-corrected chi connectivity index (χ4v) is 1.06. The highest BCUT2D eigenvalue weighted by Gasteiger charge is 2.17. The Morgan fingerprint density at radius 3 is 2.69 bits per heavy atom. The van der Waals surface area contributed by atoms with Gasteiger partial charge in [0.05, 0.1) is 10.6 Å². The lowest BCUT2D eigenvalue weighted by atomic mass is 10.1. The van der Waals surface area contributed by atoms with Crippen LogP contribution in [0.2, 0.25) is 5.02 Å². The highest BCUT2D eigenvalue weighted by Crippen LogP contribution is 2.21. The minimum absolute atomic E-state index is 0.219. The lowest BCUT2D eigenvalue weighted by molar-refractivity contribution is 0.0692. The van der Waals surface area contributed by atoms with Crippen molar-refractivity contribution in [2.24, 2.45) is 0 Å². The Hall–Kier alpha value is -1.60. The van der Waals surface area contributed by atoms with Gasteiger partial charge in [0.25, 0.3) is 0 Å². The lowest BCUT2D eigenvalue weighted by Gasteiger charge is -2.00. The predicted octanol–water partition coefficient (Wildman–Crippen LogP) is 2.05. The van der Waals surface area contributed by atoms with Crippen molar-refractivity contribution in [2.75, 3.05) is 0 Å². The molecule has 0 spiro atoms. The molecule has 0 radical (unpaired) electrons. The number of carboxylic acids is 1. The molecule has 0 atom stereocenters. The largest absolute Gasteiger partial charge is 0.478 e. The Morgan fingerprint density at radius 2 is 2.23 bits per heavy atom. The van der Waals surface area contributed by atoms with Crippen molar-refractivity contribution < 1.29 is 14.3 Å². The van der Waals surface area contributed by atoms with Crippen LogP contribution in [0.25, 0.3) is 0 Å². The minimum atomic E-state index is -1.49. The Balaban J connectivity index is 3.50. The van der Waals surface area contributed by atoms with Crippen molar-refractivity contribution in [2.45, 2.75) is 0 Å². The summed E-state index contributed by atoms with van der Waals surface area (Å²) in [6, 6.07) is 3.82. The Morgan fingerprint density at radius 1 is 1.62 bits per heavy atom. The molecule has 0 heterocycles. The molecular weight excluding hydrogens is 197 g/mol. The molecule has 0 bridgehead atoms. The third kappa shape index (κ3) is 1.60. The molecule has 0 aliphatic heterocycles. The van der Waals surface area contributed by atoms with Crippen molar-refractivity contribution in [1.29, 1.82) is 5.26 Å². The van der Waals surface area contributed by atoms with E-state index >= 15 is 0 Å². The number of nitrogens with zero attached hydrogens (tertiary/aromatic N) is 1. The van der Waals surface area contributed by atoms with E-state index in [1.54, 1.807) is 0 Å². The van der Waals surface area contributed by atoms with Crippen LogP contribution < -0.4 is 0 Å². The third-order valence-electron chi connectivity index (χ3n) is 1.43. The maximum atomic E-state index is 13.1. The Bertz CT molecular complexity index is 411. The first-order chi connectivity index (χ1) is 6.07. The molecular formula is C8H3ClFNO2. The topological polar surface area (TPSA) is 61.1 Å². The molecule has 1 N–H and O–H groups in total. The molecule has 1 aromatic rings. The quantitative estimate of drug-likeness (QED) is 0.753. The first-order valence-corrected chi connectivity index (χ1v) is 3.57. The van der Waals surface area contributed by atoms with E-state index < -0.39 is 17.3 Å². The molecule has 0 amide bonds. The normalized spacial score (nSPS) is 9.31. The zero-order chi connectivity index (χ0) is 10.0. The van der Waals surface area contributed by atoms with E-state index in [2.05, 4.69) is 0 Å². The van der Waals surface area contributed by atoms with E-state index in [-0.39, 0.29) is 10.6 Å². The SMILES string of the molecule is N#Cc1ccc(Cl)c(C(=O)O)c1F. The van der Waals surface area contributed by atoms with Gasteiger partial charge in [-0.15, -0.1) is 0 Å². The molecule has 0 fully saturated rings. The fraction of sp³-hybridized carbons (Fsp3) is 0. The summed E-state index contributed by atoms with van der Waals surface area (Å²) in [6.45, 7) is 0. The Labute approximate surface area is 78.0 Å². The summed E-state index contributed by atoms with van der Waals surface area (Å²) in [5.74, 6) is -2.58. The zero-order valence-electron chi connectivity index (χ0n) is 6.21. The van der Waals surface area contributed by atoms with Crippen LogP contribution in [0.3, 0.4) is 0 Å². The second-order valence-electron chi connectivity index (χ2n) is 2.20. The van der Waals surface area contributed by atoms with Crippen LogP contribution in [0.15, 0.2) is 12.1 Å². The van der Waals surface area contributed by atoms with Gasteiger partial charge in [0.15, 0.2) is 5.82 Å². The molecule has 0 aliphatic carbocycles. The van der Waals surface area contributed by atoms with Gasteiger partial charge in [0, 0.05) is 0 Å². The summed E-state index contributed by atoms with van der Waals surface area (Å²) >= 11 is 5.42. The van der Waals surface area contributed by atoms with Crippen LogP contribution in [-0.4, -0.2) is 11.1 Å². The maximum Gasteiger partial charge on any atom is 0.340 e. The summed E-state index contributed by atoms with van der Waals surface area (Å²) in [5, 5.41) is 16.7. The molecule has 66 valence electrons. The van der Waals surface area contributed by atoms with Crippen LogP contribution in [-0.2, 0) is 0 Å². The minimum Gasteiger partial charge on any atom is -0.478 e.